The first kappa shape index (κ1) is 16.5. The van der Waals surface area contributed by atoms with Gasteiger partial charge in [-0.15, -0.1) is 0 Å². The fourth-order valence-corrected chi connectivity index (χ4v) is 6.13. The maximum Gasteiger partial charge on any atom is 0.265 e. The van der Waals surface area contributed by atoms with Crippen molar-refractivity contribution < 1.29 is 8.42 Å². The van der Waals surface area contributed by atoms with Crippen molar-refractivity contribution in [2.75, 3.05) is 4.31 Å². The predicted octanol–water partition coefficient (Wildman–Crippen LogP) is 4.51. The molecule has 0 aliphatic carbocycles. The minimum Gasteiger partial charge on any atom is -0.263 e. The van der Waals surface area contributed by atoms with Gasteiger partial charge >= 0.3 is 0 Å². The number of nitrogens with zero attached hydrogens (tertiary/aromatic N) is 1. The van der Waals surface area contributed by atoms with Crippen molar-refractivity contribution in [3.05, 3.63) is 57.1 Å². The molecule has 0 spiro atoms. The van der Waals surface area contributed by atoms with Crippen LogP contribution in [0.2, 0.25) is 0 Å². The van der Waals surface area contributed by atoms with Gasteiger partial charge in [-0.05, 0) is 69.0 Å². The minimum absolute atomic E-state index is 0.0793. The van der Waals surface area contributed by atoms with E-state index in [4.69, 9.17) is 0 Å². The maximum absolute atomic E-state index is 13.4. The molecule has 1 aliphatic heterocycles. The van der Waals surface area contributed by atoms with Gasteiger partial charge in [-0.25, -0.2) is 8.42 Å². The van der Waals surface area contributed by atoms with E-state index >= 15 is 0 Å². The van der Waals surface area contributed by atoms with E-state index in [1.54, 1.807) is 4.31 Å². The molecule has 0 fully saturated rings. The summed E-state index contributed by atoms with van der Waals surface area (Å²) in [4.78, 5) is 0.436. The minimum atomic E-state index is -3.57. The van der Waals surface area contributed by atoms with Crippen molar-refractivity contribution in [1.29, 1.82) is 0 Å². The van der Waals surface area contributed by atoms with Crippen LogP contribution in [0.1, 0.15) is 29.2 Å². The van der Waals surface area contributed by atoms with E-state index in [9.17, 15) is 8.42 Å². The summed E-state index contributed by atoms with van der Waals surface area (Å²) >= 11 is 3.46. The monoisotopic (exact) mass is 393 g/mol. The zero-order valence-corrected chi connectivity index (χ0v) is 16.1. The van der Waals surface area contributed by atoms with E-state index in [2.05, 4.69) is 15.9 Å². The smallest absolute Gasteiger partial charge is 0.263 e. The lowest BCUT2D eigenvalue weighted by Gasteiger charge is -2.26. The van der Waals surface area contributed by atoms with Gasteiger partial charge in [0.05, 0.1) is 10.6 Å². The summed E-state index contributed by atoms with van der Waals surface area (Å²) < 4.78 is 29.3. The summed E-state index contributed by atoms with van der Waals surface area (Å²) in [5.41, 5.74) is 4.55. The summed E-state index contributed by atoms with van der Waals surface area (Å²) in [5, 5.41) is 0. The fraction of sp³-hybridized carbons (Fsp3) is 0.333. The summed E-state index contributed by atoms with van der Waals surface area (Å²) in [6, 6.07) is 9.58. The Morgan fingerprint density at radius 2 is 1.70 bits per heavy atom. The molecule has 1 aliphatic rings. The molecule has 0 amide bonds. The maximum atomic E-state index is 13.4. The molecule has 0 saturated carbocycles. The van der Waals surface area contributed by atoms with Gasteiger partial charge in [0.25, 0.3) is 10.0 Å². The third-order valence-corrected chi connectivity index (χ3v) is 7.04. The Balaban J connectivity index is 2.19. The second-order valence-electron chi connectivity index (χ2n) is 6.35. The summed E-state index contributed by atoms with van der Waals surface area (Å²) in [6.45, 7) is 7.69. The molecule has 5 heteroatoms. The molecule has 3 nitrogen and oxygen atoms in total. The highest BCUT2D eigenvalue weighted by Gasteiger charge is 2.37. The average Bonchev–Trinajstić information content (AvgIpc) is 2.72. The average molecular weight is 394 g/mol. The van der Waals surface area contributed by atoms with Gasteiger partial charge in [0.1, 0.15) is 0 Å². The third kappa shape index (κ3) is 2.70. The van der Waals surface area contributed by atoms with E-state index < -0.39 is 10.0 Å². The van der Waals surface area contributed by atoms with E-state index in [-0.39, 0.29) is 6.04 Å². The number of fused-ring (bicyclic) bond motifs is 1. The first-order valence-corrected chi connectivity index (χ1v) is 9.86. The molecule has 0 aromatic heterocycles. The van der Waals surface area contributed by atoms with Crippen molar-refractivity contribution in [1.82, 2.24) is 0 Å². The largest absolute Gasteiger partial charge is 0.265 e. The van der Waals surface area contributed by atoms with Crippen molar-refractivity contribution in [3.8, 4) is 0 Å². The molecule has 0 radical (unpaired) electrons. The molecule has 122 valence electrons. The number of hydrogen-bond donors (Lipinski definition) is 0. The van der Waals surface area contributed by atoms with Gasteiger partial charge in [0.15, 0.2) is 0 Å². The number of anilines is 1. The Hall–Kier alpha value is -1.33. The van der Waals surface area contributed by atoms with Crippen LogP contribution in [0.3, 0.4) is 0 Å². The van der Waals surface area contributed by atoms with Gasteiger partial charge in [0.2, 0.25) is 0 Å². The molecule has 2 aromatic carbocycles. The molecule has 0 bridgehead atoms. The van der Waals surface area contributed by atoms with Gasteiger partial charge in [-0.2, -0.15) is 0 Å². The molecule has 23 heavy (non-hydrogen) atoms. The van der Waals surface area contributed by atoms with Crippen LogP contribution < -0.4 is 4.31 Å². The molecule has 3 rings (SSSR count). The summed E-state index contributed by atoms with van der Waals surface area (Å²) in [6.07, 6.45) is 0.734. The number of benzene rings is 2. The predicted molar refractivity (Wildman–Crippen MR) is 97.6 cm³/mol. The Morgan fingerprint density at radius 3 is 2.30 bits per heavy atom. The second-order valence-corrected chi connectivity index (χ2v) is 9.02. The van der Waals surface area contributed by atoms with Crippen LogP contribution in [0, 0.1) is 20.8 Å². The lowest BCUT2D eigenvalue weighted by Crippen LogP contribution is -2.36. The lowest BCUT2D eigenvalue weighted by molar-refractivity contribution is 0.583. The molecule has 1 atom stereocenters. The van der Waals surface area contributed by atoms with Crippen molar-refractivity contribution >= 4 is 31.6 Å². The molecular weight excluding hydrogens is 374 g/mol. The highest BCUT2D eigenvalue weighted by atomic mass is 79.9. The van der Waals surface area contributed by atoms with Crippen LogP contribution in [-0.2, 0) is 16.4 Å². The summed E-state index contributed by atoms with van der Waals surface area (Å²) in [7, 11) is -3.57. The van der Waals surface area contributed by atoms with Gasteiger partial charge in [-0.1, -0.05) is 33.6 Å². The van der Waals surface area contributed by atoms with E-state index in [0.29, 0.717) is 4.90 Å². The molecule has 1 heterocycles. The number of hydrogen-bond acceptors (Lipinski definition) is 2. The Labute approximate surface area is 146 Å². The number of aryl methyl sites for hydroxylation is 3. The summed E-state index contributed by atoms with van der Waals surface area (Å²) in [5.74, 6) is 0. The topological polar surface area (TPSA) is 37.4 Å². The first-order chi connectivity index (χ1) is 10.7. The van der Waals surface area contributed by atoms with E-state index in [1.807, 2.05) is 58.0 Å². The molecule has 2 aromatic rings. The quantitative estimate of drug-likeness (QED) is 0.752. The fourth-order valence-electron chi connectivity index (χ4n) is 3.61. The van der Waals surface area contributed by atoms with Crippen LogP contribution in [-0.4, -0.2) is 14.5 Å². The van der Waals surface area contributed by atoms with Crippen LogP contribution >= 0.6 is 15.9 Å². The third-order valence-electron chi connectivity index (χ3n) is 4.32. The van der Waals surface area contributed by atoms with Gasteiger partial charge in [-0.3, -0.25) is 4.31 Å². The van der Waals surface area contributed by atoms with Crippen LogP contribution in [0.5, 0.6) is 0 Å². The Morgan fingerprint density at radius 1 is 1.09 bits per heavy atom. The lowest BCUT2D eigenvalue weighted by atomic mass is 10.1. The first-order valence-electron chi connectivity index (χ1n) is 7.62. The normalized spacial score (nSPS) is 17.4. The van der Waals surface area contributed by atoms with Gasteiger partial charge in [0, 0.05) is 10.5 Å². The zero-order valence-electron chi connectivity index (χ0n) is 13.7. The molecule has 0 unspecified atom stereocenters. The Kier molecular flexibility index (Phi) is 4.05. The van der Waals surface area contributed by atoms with Crippen molar-refractivity contribution in [2.24, 2.45) is 0 Å². The SMILES string of the molecule is Cc1cc(C)c(S(=O)(=O)N2c3ccc(Br)cc3C[C@@H]2C)c(C)c1. The van der Waals surface area contributed by atoms with Crippen LogP contribution in [0.25, 0.3) is 0 Å². The number of rotatable bonds is 2. The zero-order chi connectivity index (χ0) is 16.9. The number of halogens is 1. The van der Waals surface area contributed by atoms with Crippen molar-refractivity contribution in [3.63, 3.8) is 0 Å². The molecule has 0 saturated heterocycles. The highest BCUT2D eigenvalue weighted by Crippen LogP contribution is 2.39. The standard InChI is InChI=1S/C18H20BrNO2S/c1-11-7-12(2)18(13(3)8-11)23(21,22)20-14(4)9-15-10-16(19)5-6-17(15)20/h5-8,10,14H,9H2,1-4H3/t14-/m0/s1. The highest BCUT2D eigenvalue weighted by molar-refractivity contribution is 9.10. The van der Waals surface area contributed by atoms with E-state index in [1.165, 1.54) is 0 Å². The van der Waals surface area contributed by atoms with Gasteiger partial charge < -0.3 is 0 Å². The van der Waals surface area contributed by atoms with Crippen LogP contribution in [0.15, 0.2) is 39.7 Å². The molecular formula is C18H20BrNO2S. The second kappa shape index (κ2) is 5.64. The van der Waals surface area contributed by atoms with Crippen LogP contribution in [0.4, 0.5) is 5.69 Å². The van der Waals surface area contributed by atoms with E-state index in [0.717, 1.165) is 38.8 Å². The van der Waals surface area contributed by atoms with Crippen molar-refractivity contribution in [2.45, 2.75) is 45.1 Å². The Bertz CT molecular complexity index is 867. The molecule has 0 N–H and O–H groups in total. The number of sulfonamides is 1.